The lowest BCUT2D eigenvalue weighted by Gasteiger charge is -2.38. The number of rotatable bonds is 7. The van der Waals surface area contributed by atoms with Crippen LogP contribution in [0.3, 0.4) is 0 Å². The van der Waals surface area contributed by atoms with Gasteiger partial charge < -0.3 is 34.5 Å². The Morgan fingerprint density at radius 1 is 1.05 bits per heavy atom. The highest BCUT2D eigenvalue weighted by Crippen LogP contribution is 2.55. The Morgan fingerprint density at radius 3 is 2.63 bits per heavy atom. The number of ether oxygens (including phenoxy) is 4. The van der Waals surface area contributed by atoms with Crippen molar-refractivity contribution in [1.29, 1.82) is 0 Å². The fraction of sp³-hybridized carbons (Fsp3) is 0.485. The van der Waals surface area contributed by atoms with Crippen molar-refractivity contribution in [3.05, 3.63) is 60.2 Å². The van der Waals surface area contributed by atoms with Crippen LogP contribution in [0.5, 0.6) is 17.2 Å². The maximum absolute atomic E-state index is 14.4. The van der Waals surface area contributed by atoms with Crippen LogP contribution in [-0.2, 0) is 25.7 Å². The quantitative estimate of drug-likeness (QED) is 0.475. The number of methoxy groups -OCH3 is 1. The van der Waals surface area contributed by atoms with Crippen molar-refractivity contribution in [1.82, 2.24) is 10.2 Å². The standard InChI is InChI=1S/C33H37N3O7/c1-18-5-4-6-23(19(18)2)35-31(38)29-33-14-13-25(43-33)27(30(37)34-21-8-10-22(40-3)11-9-21)28(33)32(39)36(29)16-20-7-12-24-26(15-20)42-17-41-24/h7-15,18-19,23,25,27-29H,4-6,16-17H2,1-3H3,(H,34,37)(H,35,38)/t18-,19+,23-,25+,27-,28+,29+,33+/m1/s1. The minimum atomic E-state index is -1.24. The lowest BCUT2D eigenvalue weighted by molar-refractivity contribution is -0.142. The van der Waals surface area contributed by atoms with Crippen molar-refractivity contribution < 1.29 is 33.3 Å². The first-order chi connectivity index (χ1) is 20.8. The van der Waals surface area contributed by atoms with E-state index in [1.165, 1.54) is 0 Å². The fourth-order valence-corrected chi connectivity index (χ4v) is 7.62. The maximum Gasteiger partial charge on any atom is 0.246 e. The summed E-state index contributed by atoms with van der Waals surface area (Å²) >= 11 is 0. The minimum Gasteiger partial charge on any atom is -0.497 e. The summed E-state index contributed by atoms with van der Waals surface area (Å²) in [5.74, 6) is 0.243. The molecule has 1 spiro atoms. The number of hydrogen-bond acceptors (Lipinski definition) is 7. The molecule has 2 aromatic rings. The molecule has 2 N–H and O–H groups in total. The number of nitrogens with zero attached hydrogens (tertiary/aromatic N) is 1. The van der Waals surface area contributed by atoms with Crippen molar-refractivity contribution in [2.45, 2.75) is 63.4 Å². The molecule has 4 aliphatic heterocycles. The van der Waals surface area contributed by atoms with Crippen LogP contribution in [0.1, 0.15) is 38.7 Å². The number of nitrogens with one attached hydrogen (secondary N) is 2. The molecule has 10 nitrogen and oxygen atoms in total. The molecule has 2 saturated heterocycles. The van der Waals surface area contributed by atoms with Gasteiger partial charge >= 0.3 is 0 Å². The van der Waals surface area contributed by atoms with E-state index in [2.05, 4.69) is 24.5 Å². The summed E-state index contributed by atoms with van der Waals surface area (Å²) in [4.78, 5) is 44.0. The molecule has 1 saturated carbocycles. The molecule has 4 heterocycles. The van der Waals surface area contributed by atoms with E-state index in [0.29, 0.717) is 34.8 Å². The Kier molecular flexibility index (Phi) is 6.84. The third-order valence-corrected chi connectivity index (χ3v) is 10.1. The number of likely N-dealkylation sites (tertiary alicyclic amines) is 1. The van der Waals surface area contributed by atoms with E-state index in [1.807, 2.05) is 30.4 Å². The molecule has 0 radical (unpaired) electrons. The first-order valence-electron chi connectivity index (χ1n) is 15.1. The average molecular weight is 588 g/mol. The normalized spacial score (nSPS) is 33.4. The zero-order valence-corrected chi connectivity index (χ0v) is 24.6. The first-order valence-corrected chi connectivity index (χ1v) is 15.1. The molecule has 226 valence electrons. The van der Waals surface area contributed by atoms with E-state index in [0.717, 1.165) is 24.8 Å². The van der Waals surface area contributed by atoms with Gasteiger partial charge in [-0.05, 0) is 60.2 Å². The minimum absolute atomic E-state index is 0.00551. The van der Waals surface area contributed by atoms with Gasteiger partial charge in [-0.15, -0.1) is 0 Å². The van der Waals surface area contributed by atoms with Gasteiger partial charge in [0.25, 0.3) is 0 Å². The van der Waals surface area contributed by atoms with Crippen LogP contribution in [0.2, 0.25) is 0 Å². The predicted octanol–water partition coefficient (Wildman–Crippen LogP) is 3.65. The third kappa shape index (κ3) is 4.54. The number of anilines is 1. The van der Waals surface area contributed by atoms with Gasteiger partial charge in [0.15, 0.2) is 11.5 Å². The van der Waals surface area contributed by atoms with Gasteiger partial charge in [-0.2, -0.15) is 0 Å². The van der Waals surface area contributed by atoms with Gasteiger partial charge in [0.1, 0.15) is 17.4 Å². The van der Waals surface area contributed by atoms with Gasteiger partial charge in [0.2, 0.25) is 24.5 Å². The van der Waals surface area contributed by atoms with Crippen molar-refractivity contribution in [2.24, 2.45) is 23.7 Å². The largest absolute Gasteiger partial charge is 0.497 e. The fourth-order valence-electron chi connectivity index (χ4n) is 7.62. The highest BCUT2D eigenvalue weighted by molar-refractivity contribution is 6.02. The second-order valence-electron chi connectivity index (χ2n) is 12.5. The van der Waals surface area contributed by atoms with E-state index in [-0.39, 0.29) is 37.1 Å². The molecule has 43 heavy (non-hydrogen) atoms. The van der Waals surface area contributed by atoms with E-state index >= 15 is 0 Å². The number of hydrogen-bond donors (Lipinski definition) is 2. The second-order valence-corrected chi connectivity index (χ2v) is 12.5. The number of carbonyl (C=O) groups excluding carboxylic acids is 3. The Morgan fingerprint density at radius 2 is 1.84 bits per heavy atom. The molecule has 1 aliphatic carbocycles. The number of benzene rings is 2. The highest BCUT2D eigenvalue weighted by atomic mass is 16.7. The van der Waals surface area contributed by atoms with Crippen LogP contribution in [0.25, 0.3) is 0 Å². The molecule has 3 amide bonds. The summed E-state index contributed by atoms with van der Waals surface area (Å²) in [7, 11) is 1.58. The zero-order valence-electron chi connectivity index (χ0n) is 24.6. The first kappa shape index (κ1) is 27.8. The summed E-state index contributed by atoms with van der Waals surface area (Å²) < 4.78 is 22.8. The summed E-state index contributed by atoms with van der Waals surface area (Å²) in [6.45, 7) is 4.70. The van der Waals surface area contributed by atoms with Gasteiger partial charge in [-0.3, -0.25) is 14.4 Å². The van der Waals surface area contributed by atoms with Crippen LogP contribution in [-0.4, -0.2) is 60.3 Å². The third-order valence-electron chi connectivity index (χ3n) is 10.1. The van der Waals surface area contributed by atoms with Crippen LogP contribution >= 0.6 is 0 Å². The predicted molar refractivity (Wildman–Crippen MR) is 156 cm³/mol. The monoisotopic (exact) mass is 587 g/mol. The SMILES string of the molecule is COc1ccc(NC(=O)[C@@H]2[C@@H]3C=C[C@]4(O3)[C@@H]2C(=O)N(Cc2ccc3c(c2)OCO3)[C@H]4C(=O)N[C@@H]2CCC[C@@H](C)[C@@H]2C)cc1. The molecule has 3 fully saturated rings. The van der Waals surface area contributed by atoms with Crippen LogP contribution in [0.15, 0.2) is 54.6 Å². The van der Waals surface area contributed by atoms with Crippen molar-refractivity contribution in [3.8, 4) is 17.2 Å². The molecule has 7 rings (SSSR count). The molecular weight excluding hydrogens is 550 g/mol. The summed E-state index contributed by atoms with van der Waals surface area (Å²) in [5, 5.41) is 6.25. The zero-order chi connectivity index (χ0) is 29.9. The average Bonchev–Trinajstić information content (AvgIpc) is 3.77. The van der Waals surface area contributed by atoms with Crippen LogP contribution in [0, 0.1) is 23.7 Å². The molecule has 0 aromatic heterocycles. The molecule has 10 heteroatoms. The lowest BCUT2D eigenvalue weighted by Crippen LogP contribution is -2.57. The number of carbonyl (C=O) groups is 3. The number of fused-ring (bicyclic) bond motifs is 2. The van der Waals surface area contributed by atoms with Gasteiger partial charge in [0, 0.05) is 18.3 Å². The lowest BCUT2D eigenvalue weighted by atomic mass is 9.73. The van der Waals surface area contributed by atoms with Gasteiger partial charge in [0.05, 0.1) is 25.0 Å². The van der Waals surface area contributed by atoms with Crippen molar-refractivity contribution in [3.63, 3.8) is 0 Å². The topological polar surface area (TPSA) is 115 Å². The molecule has 8 atom stereocenters. The summed E-state index contributed by atoms with van der Waals surface area (Å²) in [6.07, 6.45) is 6.13. The summed E-state index contributed by atoms with van der Waals surface area (Å²) in [6, 6.07) is 11.6. The maximum atomic E-state index is 14.4. The van der Waals surface area contributed by atoms with Gasteiger partial charge in [-0.25, -0.2) is 0 Å². The van der Waals surface area contributed by atoms with Gasteiger partial charge in [-0.1, -0.05) is 44.9 Å². The molecule has 2 aromatic carbocycles. The summed E-state index contributed by atoms with van der Waals surface area (Å²) in [5.41, 5.74) is 0.140. The van der Waals surface area contributed by atoms with E-state index in [4.69, 9.17) is 18.9 Å². The number of amides is 3. The van der Waals surface area contributed by atoms with E-state index < -0.39 is 29.6 Å². The molecule has 5 aliphatic rings. The molecule has 0 unspecified atom stereocenters. The molecular formula is C33H37N3O7. The highest BCUT2D eigenvalue weighted by Gasteiger charge is 2.72. The van der Waals surface area contributed by atoms with Crippen molar-refractivity contribution >= 4 is 23.4 Å². The molecule has 2 bridgehead atoms. The van der Waals surface area contributed by atoms with Crippen LogP contribution < -0.4 is 24.8 Å². The van der Waals surface area contributed by atoms with Crippen LogP contribution in [0.4, 0.5) is 5.69 Å². The smallest absolute Gasteiger partial charge is 0.246 e. The van der Waals surface area contributed by atoms with E-state index in [1.54, 1.807) is 36.3 Å². The second kappa shape index (κ2) is 10.6. The Hall–Kier alpha value is -4.05. The van der Waals surface area contributed by atoms with E-state index in [9.17, 15) is 14.4 Å². The Labute approximate surface area is 250 Å². The Balaban J connectivity index is 1.20. The Bertz CT molecular complexity index is 1480. The van der Waals surface area contributed by atoms with Crippen molar-refractivity contribution in [2.75, 3.05) is 19.2 Å².